The number of nitrogens with zero attached hydrogens (tertiary/aromatic N) is 2. The normalized spacial score (nSPS) is 23.2. The van der Waals surface area contributed by atoms with E-state index >= 15 is 0 Å². The first-order valence-corrected chi connectivity index (χ1v) is 5.57. The predicted molar refractivity (Wildman–Crippen MR) is 60.2 cm³/mol. The maximum atomic E-state index is 11.6. The predicted octanol–water partition coefficient (Wildman–Crippen LogP) is 1.53. The lowest BCUT2D eigenvalue weighted by Gasteiger charge is -2.05. The third-order valence-corrected chi connectivity index (χ3v) is 2.99. The molecule has 0 amide bonds. The van der Waals surface area contributed by atoms with Crippen LogP contribution in [0.5, 0.6) is 0 Å². The van der Waals surface area contributed by atoms with Crippen LogP contribution in [0.3, 0.4) is 0 Å². The minimum Gasteiger partial charge on any atom is -0.461 e. The van der Waals surface area contributed by atoms with Gasteiger partial charge in [-0.05, 0) is 26.2 Å². The highest BCUT2D eigenvalue weighted by Crippen LogP contribution is 2.45. The van der Waals surface area contributed by atoms with Gasteiger partial charge in [-0.15, -0.1) is 0 Å². The second-order valence-corrected chi connectivity index (χ2v) is 4.26. The number of nitrogen functional groups attached to an aromatic ring is 1. The molecule has 5 nitrogen and oxygen atoms in total. The third-order valence-electron chi connectivity index (χ3n) is 2.99. The van der Waals surface area contributed by atoms with E-state index < -0.39 is 5.97 Å². The number of rotatable bonds is 3. The largest absolute Gasteiger partial charge is 0.461 e. The van der Waals surface area contributed by atoms with Crippen molar-refractivity contribution in [1.82, 2.24) is 9.55 Å². The number of ether oxygens (including phenoxy) is 1. The molecule has 1 saturated carbocycles. The molecule has 1 fully saturated rings. The summed E-state index contributed by atoms with van der Waals surface area (Å²) in [4.78, 5) is 15.8. The zero-order valence-electron chi connectivity index (χ0n) is 9.86. The van der Waals surface area contributed by atoms with Crippen LogP contribution in [0, 0.1) is 12.8 Å². The Morgan fingerprint density at radius 3 is 2.81 bits per heavy atom. The Labute approximate surface area is 94.6 Å². The van der Waals surface area contributed by atoms with Crippen molar-refractivity contribution in [3.63, 3.8) is 0 Å². The monoisotopic (exact) mass is 223 g/mol. The lowest BCUT2D eigenvalue weighted by Crippen LogP contribution is -2.10. The van der Waals surface area contributed by atoms with Gasteiger partial charge in [0.1, 0.15) is 11.6 Å². The van der Waals surface area contributed by atoms with Gasteiger partial charge in [-0.1, -0.05) is 6.92 Å². The molecule has 0 spiro atoms. The molecular weight excluding hydrogens is 206 g/mol. The Bertz CT molecular complexity index is 425. The van der Waals surface area contributed by atoms with E-state index in [2.05, 4.69) is 11.9 Å². The van der Waals surface area contributed by atoms with Gasteiger partial charge < -0.3 is 15.0 Å². The van der Waals surface area contributed by atoms with Crippen LogP contribution in [0.25, 0.3) is 0 Å². The van der Waals surface area contributed by atoms with E-state index in [-0.39, 0.29) is 5.69 Å². The third kappa shape index (κ3) is 1.66. The summed E-state index contributed by atoms with van der Waals surface area (Å²) >= 11 is 0. The van der Waals surface area contributed by atoms with Crippen LogP contribution < -0.4 is 5.73 Å². The molecule has 16 heavy (non-hydrogen) atoms. The van der Waals surface area contributed by atoms with Crippen molar-refractivity contribution in [2.45, 2.75) is 33.2 Å². The molecular formula is C11H17N3O2. The van der Waals surface area contributed by atoms with Crippen molar-refractivity contribution in [2.24, 2.45) is 5.92 Å². The summed E-state index contributed by atoms with van der Waals surface area (Å²) in [7, 11) is 0. The van der Waals surface area contributed by atoms with Gasteiger partial charge >= 0.3 is 5.97 Å². The number of anilines is 1. The molecule has 0 saturated heterocycles. The Kier molecular flexibility index (Phi) is 2.61. The molecule has 2 unspecified atom stereocenters. The van der Waals surface area contributed by atoms with Gasteiger partial charge in [-0.2, -0.15) is 0 Å². The van der Waals surface area contributed by atoms with E-state index in [1.165, 1.54) is 0 Å². The van der Waals surface area contributed by atoms with Crippen molar-refractivity contribution in [3.8, 4) is 0 Å². The number of imidazole rings is 1. The Balaban J connectivity index is 2.31. The minimum atomic E-state index is -0.435. The molecule has 2 rings (SSSR count). The molecule has 1 aromatic heterocycles. The van der Waals surface area contributed by atoms with Crippen LogP contribution in [0.15, 0.2) is 0 Å². The maximum Gasteiger partial charge on any atom is 0.360 e. The molecule has 1 aliphatic rings. The summed E-state index contributed by atoms with van der Waals surface area (Å²) in [5.41, 5.74) is 6.19. The van der Waals surface area contributed by atoms with Gasteiger partial charge in [0, 0.05) is 6.04 Å². The first kappa shape index (κ1) is 11.0. The van der Waals surface area contributed by atoms with E-state index in [1.54, 1.807) is 6.92 Å². The lowest BCUT2D eigenvalue weighted by molar-refractivity contribution is 0.0521. The maximum absolute atomic E-state index is 11.6. The number of carbonyl (C=O) groups is 1. The summed E-state index contributed by atoms with van der Waals surface area (Å²) in [5.74, 6) is 1.40. The van der Waals surface area contributed by atoms with Crippen molar-refractivity contribution < 1.29 is 9.53 Å². The first-order valence-electron chi connectivity index (χ1n) is 5.57. The van der Waals surface area contributed by atoms with E-state index in [0.717, 1.165) is 12.2 Å². The van der Waals surface area contributed by atoms with Gasteiger partial charge in [-0.3, -0.25) is 0 Å². The fourth-order valence-electron chi connectivity index (χ4n) is 1.99. The van der Waals surface area contributed by atoms with Crippen LogP contribution in [0.1, 0.15) is 42.6 Å². The molecule has 1 aliphatic carbocycles. The Hall–Kier alpha value is -1.52. The number of esters is 1. The number of nitrogens with two attached hydrogens (primary N) is 1. The zero-order valence-corrected chi connectivity index (χ0v) is 9.86. The number of hydrogen-bond donors (Lipinski definition) is 1. The molecule has 0 radical (unpaired) electrons. The molecule has 1 heterocycles. The second-order valence-electron chi connectivity index (χ2n) is 4.26. The number of hydrogen-bond acceptors (Lipinski definition) is 4. The number of aryl methyl sites for hydroxylation is 1. The summed E-state index contributed by atoms with van der Waals surface area (Å²) in [6.07, 6.45) is 1.10. The molecule has 2 atom stereocenters. The van der Waals surface area contributed by atoms with Crippen molar-refractivity contribution in [2.75, 3.05) is 12.3 Å². The highest BCUT2D eigenvalue weighted by Gasteiger charge is 2.38. The van der Waals surface area contributed by atoms with Gasteiger partial charge in [0.25, 0.3) is 0 Å². The fraction of sp³-hybridized carbons (Fsp3) is 0.636. The number of aromatic nitrogens is 2. The minimum absolute atomic E-state index is 0.249. The summed E-state index contributed by atoms with van der Waals surface area (Å²) in [5, 5.41) is 0. The highest BCUT2D eigenvalue weighted by molar-refractivity contribution is 5.92. The smallest absolute Gasteiger partial charge is 0.360 e. The summed E-state index contributed by atoms with van der Waals surface area (Å²) in [6, 6.07) is 0.399. The summed E-state index contributed by atoms with van der Waals surface area (Å²) < 4.78 is 6.85. The molecule has 0 bridgehead atoms. The summed E-state index contributed by atoms with van der Waals surface area (Å²) in [6.45, 7) is 6.13. The SMILES string of the molecule is CCOC(=O)c1nc(C)n(C2CC2C)c1N. The second kappa shape index (κ2) is 3.81. The van der Waals surface area contributed by atoms with E-state index in [1.807, 2.05) is 11.5 Å². The van der Waals surface area contributed by atoms with Crippen LogP contribution in [-0.4, -0.2) is 22.1 Å². The van der Waals surface area contributed by atoms with Gasteiger partial charge in [0.05, 0.1) is 6.61 Å². The van der Waals surface area contributed by atoms with Gasteiger partial charge in [0.15, 0.2) is 5.69 Å². The zero-order chi connectivity index (χ0) is 11.9. The first-order chi connectivity index (χ1) is 7.56. The average Bonchev–Trinajstić information content (AvgIpc) is 2.83. The van der Waals surface area contributed by atoms with Crippen LogP contribution in [0.4, 0.5) is 5.82 Å². The fourth-order valence-corrected chi connectivity index (χ4v) is 1.99. The van der Waals surface area contributed by atoms with Crippen molar-refractivity contribution >= 4 is 11.8 Å². The van der Waals surface area contributed by atoms with Crippen molar-refractivity contribution in [3.05, 3.63) is 11.5 Å². The van der Waals surface area contributed by atoms with E-state index in [4.69, 9.17) is 10.5 Å². The van der Waals surface area contributed by atoms with Crippen LogP contribution >= 0.6 is 0 Å². The lowest BCUT2D eigenvalue weighted by atomic mass is 10.4. The molecule has 1 aromatic rings. The molecule has 5 heteroatoms. The Morgan fingerprint density at radius 1 is 1.69 bits per heavy atom. The van der Waals surface area contributed by atoms with Crippen molar-refractivity contribution in [1.29, 1.82) is 0 Å². The highest BCUT2D eigenvalue weighted by atomic mass is 16.5. The molecule has 0 aromatic carbocycles. The van der Waals surface area contributed by atoms with Gasteiger partial charge in [-0.25, -0.2) is 9.78 Å². The molecule has 88 valence electrons. The van der Waals surface area contributed by atoms with Crippen LogP contribution in [-0.2, 0) is 4.74 Å². The Morgan fingerprint density at radius 2 is 2.31 bits per heavy atom. The van der Waals surface area contributed by atoms with Crippen LogP contribution in [0.2, 0.25) is 0 Å². The van der Waals surface area contributed by atoms with E-state index in [9.17, 15) is 4.79 Å². The average molecular weight is 223 g/mol. The van der Waals surface area contributed by atoms with E-state index in [0.29, 0.717) is 24.4 Å². The standard InChI is InChI=1S/C11H17N3O2/c1-4-16-11(15)9-10(12)14(7(3)13-9)8-5-6(8)2/h6,8H,4-5,12H2,1-3H3. The molecule has 0 aliphatic heterocycles. The van der Waals surface area contributed by atoms with Gasteiger partial charge in [0.2, 0.25) is 0 Å². The quantitative estimate of drug-likeness (QED) is 0.789. The topological polar surface area (TPSA) is 70.1 Å². The molecule has 2 N–H and O–H groups in total. The number of carbonyl (C=O) groups excluding carboxylic acids is 1.